The zero-order chi connectivity index (χ0) is 36.4. The van der Waals surface area contributed by atoms with Gasteiger partial charge in [-0.3, -0.25) is 0 Å². The van der Waals surface area contributed by atoms with Gasteiger partial charge in [-0.05, 0) is 96.7 Å². The van der Waals surface area contributed by atoms with Crippen molar-refractivity contribution in [2.75, 3.05) is 0 Å². The number of alkyl halides is 5. The molecular formula is C38H33F11O. The lowest BCUT2D eigenvalue weighted by molar-refractivity contribution is -0.189. The molecule has 0 radical (unpaired) electrons. The van der Waals surface area contributed by atoms with Crippen LogP contribution < -0.4 is 4.74 Å². The first-order chi connectivity index (χ1) is 23.6. The van der Waals surface area contributed by atoms with Gasteiger partial charge in [0.25, 0.3) is 0 Å². The minimum absolute atomic E-state index is 0.137. The van der Waals surface area contributed by atoms with Crippen molar-refractivity contribution in [3.8, 4) is 28.0 Å². The third kappa shape index (κ3) is 8.61. The van der Waals surface area contributed by atoms with Crippen molar-refractivity contribution in [3.63, 3.8) is 0 Å². The quantitative estimate of drug-likeness (QED) is 0.111. The molecule has 0 bridgehead atoms. The van der Waals surface area contributed by atoms with Gasteiger partial charge in [0, 0.05) is 22.8 Å². The zero-order valence-corrected chi connectivity index (χ0v) is 26.9. The number of ether oxygens (including phenoxy) is 1. The Morgan fingerprint density at radius 1 is 0.620 bits per heavy atom. The molecule has 1 aliphatic carbocycles. The molecule has 1 nitrogen and oxygen atoms in total. The van der Waals surface area contributed by atoms with E-state index in [2.05, 4.69) is 11.7 Å². The van der Waals surface area contributed by atoms with E-state index >= 15 is 22.0 Å². The fourth-order valence-electron chi connectivity index (χ4n) is 6.61. The molecule has 0 spiro atoms. The largest absolute Gasteiger partial charge is 0.432 e. The summed E-state index contributed by atoms with van der Waals surface area (Å²) >= 11 is 0. The smallest absolute Gasteiger partial charge is 0.429 e. The van der Waals surface area contributed by atoms with Gasteiger partial charge in [-0.1, -0.05) is 44.7 Å². The summed E-state index contributed by atoms with van der Waals surface area (Å²) in [6, 6.07) is 8.09. The van der Waals surface area contributed by atoms with Crippen LogP contribution in [0.1, 0.15) is 80.9 Å². The van der Waals surface area contributed by atoms with E-state index in [0.29, 0.717) is 42.3 Å². The minimum atomic E-state index is -4.92. The summed E-state index contributed by atoms with van der Waals surface area (Å²) in [5, 5.41) is 0. The number of rotatable bonds is 11. The van der Waals surface area contributed by atoms with E-state index in [1.54, 1.807) is 6.07 Å². The maximum Gasteiger partial charge on any atom is 0.432 e. The maximum atomic E-state index is 15.2. The van der Waals surface area contributed by atoms with Crippen LogP contribution in [0.4, 0.5) is 48.3 Å². The molecule has 0 amide bonds. The van der Waals surface area contributed by atoms with Crippen LogP contribution in [0.5, 0.6) is 5.75 Å². The molecule has 4 aromatic carbocycles. The Hall–Kier alpha value is -4.09. The summed E-state index contributed by atoms with van der Waals surface area (Å²) in [5.74, 6) is -9.06. The monoisotopic (exact) mass is 714 g/mol. The highest BCUT2D eigenvalue weighted by molar-refractivity contribution is 5.67. The molecule has 50 heavy (non-hydrogen) atoms. The van der Waals surface area contributed by atoms with E-state index in [9.17, 15) is 26.3 Å². The van der Waals surface area contributed by atoms with Gasteiger partial charge < -0.3 is 4.74 Å². The number of benzene rings is 4. The van der Waals surface area contributed by atoms with Crippen LogP contribution in [0.2, 0.25) is 0 Å². The fraction of sp³-hybridized carbons (Fsp3) is 0.368. The molecule has 1 aliphatic rings. The SMILES string of the molecule is CCCCCC1CCC(c2ccc(-c3cc(F)c(C(F)(F)Oc4ccc(-c5cc(F)c(CC(F)(F)F)c(F)c5)c(F)c4)c(F)c3)c(F)c2)CC1. The van der Waals surface area contributed by atoms with Crippen LogP contribution in [0.3, 0.4) is 0 Å². The van der Waals surface area contributed by atoms with Gasteiger partial charge in [-0.15, -0.1) is 0 Å². The Balaban J connectivity index is 1.31. The van der Waals surface area contributed by atoms with E-state index in [1.165, 1.54) is 31.4 Å². The average molecular weight is 715 g/mol. The molecule has 5 rings (SSSR count). The first-order valence-corrected chi connectivity index (χ1v) is 16.3. The van der Waals surface area contributed by atoms with Gasteiger partial charge >= 0.3 is 12.3 Å². The molecule has 268 valence electrons. The lowest BCUT2D eigenvalue weighted by Gasteiger charge is -2.29. The van der Waals surface area contributed by atoms with Gasteiger partial charge in [0.2, 0.25) is 0 Å². The minimum Gasteiger partial charge on any atom is -0.429 e. The Bertz CT molecular complexity index is 1780. The van der Waals surface area contributed by atoms with Crippen molar-refractivity contribution in [1.82, 2.24) is 0 Å². The van der Waals surface area contributed by atoms with Crippen molar-refractivity contribution in [2.45, 2.75) is 82.9 Å². The molecule has 0 heterocycles. The second-order valence-corrected chi connectivity index (χ2v) is 12.7. The predicted octanol–water partition coefficient (Wildman–Crippen LogP) is 12.9. The predicted molar refractivity (Wildman–Crippen MR) is 167 cm³/mol. The summed E-state index contributed by atoms with van der Waals surface area (Å²) in [7, 11) is 0. The van der Waals surface area contributed by atoms with Crippen LogP contribution in [0.25, 0.3) is 22.3 Å². The van der Waals surface area contributed by atoms with Crippen LogP contribution in [-0.2, 0) is 12.5 Å². The summed E-state index contributed by atoms with van der Waals surface area (Å²) in [6.45, 7) is 2.15. The summed E-state index contributed by atoms with van der Waals surface area (Å²) in [5.41, 5.74) is -4.03. The van der Waals surface area contributed by atoms with Crippen LogP contribution >= 0.6 is 0 Å². The van der Waals surface area contributed by atoms with Gasteiger partial charge in [-0.25, -0.2) is 26.3 Å². The van der Waals surface area contributed by atoms with Gasteiger partial charge in [-0.2, -0.15) is 22.0 Å². The van der Waals surface area contributed by atoms with E-state index in [-0.39, 0.29) is 17.0 Å². The average Bonchev–Trinajstić information content (AvgIpc) is 3.02. The highest BCUT2D eigenvalue weighted by Gasteiger charge is 2.41. The maximum absolute atomic E-state index is 15.2. The van der Waals surface area contributed by atoms with Gasteiger partial charge in [0.05, 0.1) is 6.42 Å². The molecule has 4 aromatic rings. The third-order valence-electron chi connectivity index (χ3n) is 9.19. The molecule has 0 saturated heterocycles. The van der Waals surface area contributed by atoms with Crippen molar-refractivity contribution in [3.05, 3.63) is 112 Å². The Morgan fingerprint density at radius 3 is 1.68 bits per heavy atom. The van der Waals surface area contributed by atoms with Crippen LogP contribution in [0, 0.1) is 40.8 Å². The molecule has 0 aliphatic heterocycles. The first kappa shape index (κ1) is 37.2. The normalized spacial score (nSPS) is 16.9. The van der Waals surface area contributed by atoms with Crippen LogP contribution in [-0.4, -0.2) is 6.18 Å². The zero-order valence-electron chi connectivity index (χ0n) is 26.9. The molecule has 1 saturated carbocycles. The molecule has 12 heteroatoms. The third-order valence-corrected chi connectivity index (χ3v) is 9.19. The molecule has 0 N–H and O–H groups in total. The number of halogens is 11. The lowest BCUT2D eigenvalue weighted by Crippen LogP contribution is -2.25. The number of hydrogen-bond acceptors (Lipinski definition) is 1. The van der Waals surface area contributed by atoms with E-state index in [4.69, 9.17) is 0 Å². The Kier molecular flexibility index (Phi) is 11.2. The summed E-state index contributed by atoms with van der Waals surface area (Å²) in [6.07, 6.45) is -2.99. The van der Waals surface area contributed by atoms with Crippen molar-refractivity contribution < 1.29 is 53.0 Å². The standard InChI is InChI=1S/C38H33F11O/c1-2-3-4-5-21-6-8-22(9-7-21)23-10-12-27(30(39)14-23)25-17-34(43)36(35(44)18-25)38(48,49)50-26-11-13-28(33(42)19-26)24-15-31(40)29(32(41)16-24)20-37(45,46)47/h10-19,21-22H,2-9,20H2,1H3. The van der Waals surface area contributed by atoms with Gasteiger partial charge in [0.15, 0.2) is 0 Å². The van der Waals surface area contributed by atoms with Crippen molar-refractivity contribution in [1.29, 1.82) is 0 Å². The van der Waals surface area contributed by atoms with Gasteiger partial charge in [0.1, 0.15) is 46.2 Å². The highest BCUT2D eigenvalue weighted by Crippen LogP contribution is 2.41. The number of hydrogen-bond donors (Lipinski definition) is 0. The highest BCUT2D eigenvalue weighted by atomic mass is 19.4. The second-order valence-electron chi connectivity index (χ2n) is 12.7. The first-order valence-electron chi connectivity index (χ1n) is 16.3. The Labute approximate surface area is 282 Å². The topological polar surface area (TPSA) is 9.23 Å². The Morgan fingerprint density at radius 2 is 1.16 bits per heavy atom. The van der Waals surface area contributed by atoms with Crippen molar-refractivity contribution in [2.24, 2.45) is 5.92 Å². The molecule has 0 aromatic heterocycles. The summed E-state index contributed by atoms with van der Waals surface area (Å²) < 4.78 is 161. The fourth-order valence-corrected chi connectivity index (χ4v) is 6.61. The molecule has 0 unspecified atom stereocenters. The van der Waals surface area contributed by atoms with E-state index < -0.39 is 81.6 Å². The van der Waals surface area contributed by atoms with Crippen molar-refractivity contribution >= 4 is 0 Å². The molecular weight excluding hydrogens is 681 g/mol. The lowest BCUT2D eigenvalue weighted by atomic mass is 9.77. The number of unbranched alkanes of at least 4 members (excludes halogenated alkanes) is 2. The molecule has 0 atom stereocenters. The summed E-state index contributed by atoms with van der Waals surface area (Å²) in [4.78, 5) is 0. The van der Waals surface area contributed by atoms with E-state index in [1.807, 2.05) is 0 Å². The van der Waals surface area contributed by atoms with Crippen LogP contribution in [0.15, 0.2) is 60.7 Å². The van der Waals surface area contributed by atoms with E-state index in [0.717, 1.165) is 43.7 Å². The second kappa shape index (κ2) is 15.0. The molecule has 1 fully saturated rings.